The molecule has 0 spiro atoms. The first-order valence-corrected chi connectivity index (χ1v) is 7.89. The van der Waals surface area contributed by atoms with E-state index < -0.39 is 5.91 Å². The van der Waals surface area contributed by atoms with Crippen LogP contribution in [0, 0.1) is 0 Å². The number of carbonyl (C=O) groups is 2. The van der Waals surface area contributed by atoms with Crippen molar-refractivity contribution in [3.63, 3.8) is 0 Å². The van der Waals surface area contributed by atoms with Crippen LogP contribution in [-0.4, -0.2) is 43.0 Å². The highest BCUT2D eigenvalue weighted by molar-refractivity contribution is 5.99. The van der Waals surface area contributed by atoms with Crippen molar-refractivity contribution in [2.45, 2.75) is 33.2 Å². The molecule has 0 fully saturated rings. The van der Waals surface area contributed by atoms with E-state index >= 15 is 0 Å². The first-order chi connectivity index (χ1) is 11.7. The number of benzene rings is 1. The van der Waals surface area contributed by atoms with Gasteiger partial charge in [0.1, 0.15) is 0 Å². The quantitative estimate of drug-likeness (QED) is 0.594. The van der Waals surface area contributed by atoms with Gasteiger partial charge in [0.15, 0.2) is 18.1 Å². The highest BCUT2D eigenvalue weighted by Gasteiger charge is 2.15. The number of hydrogen-bond acceptors (Lipinski definition) is 6. The molecule has 0 unspecified atom stereocenters. The molecule has 0 saturated carbocycles. The van der Waals surface area contributed by atoms with Gasteiger partial charge in [0.2, 0.25) is 12.7 Å². The van der Waals surface area contributed by atoms with Crippen molar-refractivity contribution in [2.75, 3.05) is 19.9 Å². The summed E-state index contributed by atoms with van der Waals surface area (Å²) >= 11 is 0. The molecule has 8 nitrogen and oxygen atoms in total. The average Bonchev–Trinajstić information content (AvgIpc) is 2.98. The Balaban J connectivity index is 1.76. The van der Waals surface area contributed by atoms with E-state index in [0.717, 1.165) is 5.56 Å². The van der Waals surface area contributed by atoms with Gasteiger partial charge in [-0.1, -0.05) is 5.16 Å². The van der Waals surface area contributed by atoms with Crippen LogP contribution in [0.1, 0.15) is 33.3 Å². The van der Waals surface area contributed by atoms with Crippen LogP contribution in [0.5, 0.6) is 11.5 Å². The number of rotatable bonds is 6. The van der Waals surface area contributed by atoms with E-state index in [1.54, 1.807) is 19.1 Å². The summed E-state index contributed by atoms with van der Waals surface area (Å²) in [6.07, 6.45) is 0. The largest absolute Gasteiger partial charge is 0.454 e. The van der Waals surface area contributed by atoms with E-state index in [9.17, 15) is 9.59 Å². The average molecular weight is 349 g/mol. The van der Waals surface area contributed by atoms with Crippen molar-refractivity contribution in [3.8, 4) is 11.5 Å². The molecule has 2 N–H and O–H groups in total. The van der Waals surface area contributed by atoms with Crippen LogP contribution in [0.15, 0.2) is 23.4 Å². The summed E-state index contributed by atoms with van der Waals surface area (Å²) in [5, 5.41) is 9.12. The van der Waals surface area contributed by atoms with Crippen LogP contribution >= 0.6 is 0 Å². The third-order valence-corrected chi connectivity index (χ3v) is 3.15. The van der Waals surface area contributed by atoms with Gasteiger partial charge in [-0.05, 0) is 45.9 Å². The van der Waals surface area contributed by atoms with Crippen LogP contribution in [-0.2, 0) is 14.4 Å². The van der Waals surface area contributed by atoms with E-state index in [0.29, 0.717) is 17.2 Å². The molecule has 136 valence electrons. The van der Waals surface area contributed by atoms with Gasteiger partial charge in [-0.2, -0.15) is 0 Å². The number of oxime groups is 1. The zero-order chi connectivity index (χ0) is 18.4. The lowest BCUT2D eigenvalue weighted by molar-refractivity contribution is -0.129. The minimum atomic E-state index is -0.425. The van der Waals surface area contributed by atoms with Crippen LogP contribution in [0.4, 0.5) is 0 Å². The molecular weight excluding hydrogens is 326 g/mol. The molecule has 1 aromatic carbocycles. The second-order valence-corrected chi connectivity index (χ2v) is 6.59. The maximum atomic E-state index is 11.7. The Labute approximate surface area is 146 Å². The van der Waals surface area contributed by atoms with Gasteiger partial charge in [-0.15, -0.1) is 0 Å². The molecule has 1 aliphatic heterocycles. The summed E-state index contributed by atoms with van der Waals surface area (Å²) in [5.41, 5.74) is 1.05. The number of amides is 2. The van der Waals surface area contributed by atoms with Crippen LogP contribution in [0.25, 0.3) is 0 Å². The molecule has 25 heavy (non-hydrogen) atoms. The summed E-state index contributed by atoms with van der Waals surface area (Å²) in [5.74, 6) is 0.646. The molecule has 1 heterocycles. The lowest BCUT2D eigenvalue weighted by atomic mass is 10.1. The minimum absolute atomic E-state index is 0.107. The minimum Gasteiger partial charge on any atom is -0.454 e. The van der Waals surface area contributed by atoms with Gasteiger partial charge >= 0.3 is 0 Å². The summed E-state index contributed by atoms with van der Waals surface area (Å²) < 4.78 is 10.5. The highest BCUT2D eigenvalue weighted by Crippen LogP contribution is 2.32. The summed E-state index contributed by atoms with van der Waals surface area (Å²) in [7, 11) is 0. The van der Waals surface area contributed by atoms with Crippen molar-refractivity contribution in [3.05, 3.63) is 23.8 Å². The number of fused-ring (bicyclic) bond motifs is 1. The SMILES string of the molecule is C/C(=N/OCC(=O)NCC(=O)NC(C)(C)C)c1ccc2c(c1)OCO2. The second-order valence-electron chi connectivity index (χ2n) is 6.59. The molecule has 0 atom stereocenters. The van der Waals surface area contributed by atoms with Crippen molar-refractivity contribution in [1.82, 2.24) is 10.6 Å². The molecular formula is C17H23N3O5. The van der Waals surface area contributed by atoms with Crippen LogP contribution in [0.3, 0.4) is 0 Å². The van der Waals surface area contributed by atoms with Gasteiger partial charge in [0.25, 0.3) is 5.91 Å². The van der Waals surface area contributed by atoms with Crippen molar-refractivity contribution >= 4 is 17.5 Å². The van der Waals surface area contributed by atoms with E-state index in [1.165, 1.54) is 0 Å². The number of carbonyl (C=O) groups excluding carboxylic acids is 2. The fraction of sp³-hybridized carbons (Fsp3) is 0.471. The molecule has 0 aliphatic carbocycles. The van der Waals surface area contributed by atoms with Crippen molar-refractivity contribution < 1.29 is 23.9 Å². The molecule has 0 aromatic heterocycles. The van der Waals surface area contributed by atoms with Gasteiger partial charge in [-0.25, -0.2) is 0 Å². The third-order valence-electron chi connectivity index (χ3n) is 3.15. The molecule has 0 saturated heterocycles. The van der Waals surface area contributed by atoms with Crippen molar-refractivity contribution in [2.24, 2.45) is 5.16 Å². The predicted molar refractivity (Wildman–Crippen MR) is 91.6 cm³/mol. The molecule has 8 heteroatoms. The monoisotopic (exact) mass is 349 g/mol. The van der Waals surface area contributed by atoms with E-state index in [4.69, 9.17) is 14.3 Å². The number of nitrogens with one attached hydrogen (secondary N) is 2. The maximum Gasteiger partial charge on any atom is 0.261 e. The highest BCUT2D eigenvalue weighted by atomic mass is 16.7. The Morgan fingerprint density at radius 2 is 1.92 bits per heavy atom. The Hall–Kier alpha value is -2.77. The molecule has 2 amide bonds. The summed E-state index contributed by atoms with van der Waals surface area (Å²) in [4.78, 5) is 28.3. The Kier molecular flexibility index (Phi) is 5.84. The first-order valence-electron chi connectivity index (χ1n) is 7.89. The summed E-state index contributed by atoms with van der Waals surface area (Å²) in [6, 6.07) is 5.41. The lowest BCUT2D eigenvalue weighted by Crippen LogP contribution is -2.46. The Morgan fingerprint density at radius 1 is 1.20 bits per heavy atom. The molecule has 2 rings (SSSR count). The van der Waals surface area contributed by atoms with E-state index in [1.807, 2.05) is 26.8 Å². The first kappa shape index (κ1) is 18.6. The second kappa shape index (κ2) is 7.87. The van der Waals surface area contributed by atoms with Gasteiger partial charge in [-0.3, -0.25) is 9.59 Å². The van der Waals surface area contributed by atoms with Crippen LogP contribution < -0.4 is 20.1 Å². The zero-order valence-electron chi connectivity index (χ0n) is 14.8. The normalized spacial score (nSPS) is 13.4. The van der Waals surface area contributed by atoms with Gasteiger partial charge in [0, 0.05) is 11.1 Å². The molecule has 1 aliphatic rings. The zero-order valence-corrected chi connectivity index (χ0v) is 14.8. The molecule has 1 aromatic rings. The molecule has 0 bridgehead atoms. The fourth-order valence-electron chi connectivity index (χ4n) is 2.05. The number of ether oxygens (including phenoxy) is 2. The molecule has 0 radical (unpaired) electrons. The van der Waals surface area contributed by atoms with Gasteiger partial charge < -0.3 is 24.9 Å². The van der Waals surface area contributed by atoms with E-state index in [2.05, 4.69) is 15.8 Å². The maximum absolute atomic E-state index is 11.7. The van der Waals surface area contributed by atoms with Crippen LogP contribution in [0.2, 0.25) is 0 Å². The standard InChI is InChI=1S/C17H23N3O5/c1-11(12-5-6-13-14(7-12)24-10-23-13)20-25-9-16(22)18-8-15(21)19-17(2,3)4/h5-7H,8-10H2,1-4H3,(H,18,22)(H,19,21)/b20-11-. The third kappa shape index (κ3) is 5.98. The Bertz CT molecular complexity index is 679. The van der Waals surface area contributed by atoms with Crippen molar-refractivity contribution in [1.29, 1.82) is 0 Å². The fourth-order valence-corrected chi connectivity index (χ4v) is 2.05. The number of hydrogen-bond donors (Lipinski definition) is 2. The topological polar surface area (TPSA) is 98.2 Å². The predicted octanol–water partition coefficient (Wildman–Crippen LogP) is 1.19. The smallest absolute Gasteiger partial charge is 0.261 e. The lowest BCUT2D eigenvalue weighted by Gasteiger charge is -2.20. The summed E-state index contributed by atoms with van der Waals surface area (Å²) in [6.45, 7) is 7.17. The Morgan fingerprint density at radius 3 is 2.64 bits per heavy atom. The number of nitrogens with zero attached hydrogens (tertiary/aromatic N) is 1. The van der Waals surface area contributed by atoms with E-state index in [-0.39, 0.29) is 31.4 Å². The van der Waals surface area contributed by atoms with Gasteiger partial charge in [0.05, 0.1) is 12.3 Å².